The summed E-state index contributed by atoms with van der Waals surface area (Å²) in [6, 6.07) is 5.80. The summed E-state index contributed by atoms with van der Waals surface area (Å²) in [5.41, 5.74) is 1.64. The molecule has 1 saturated carbocycles. The van der Waals surface area contributed by atoms with Gasteiger partial charge in [-0.1, -0.05) is 19.1 Å². The van der Waals surface area contributed by atoms with Gasteiger partial charge in [0.2, 0.25) is 5.91 Å². The molecule has 1 amide bonds. The predicted molar refractivity (Wildman–Crippen MR) is 78.0 cm³/mol. The zero-order chi connectivity index (χ0) is 14.8. The summed E-state index contributed by atoms with van der Waals surface area (Å²) < 4.78 is 5.34. The van der Waals surface area contributed by atoms with Crippen molar-refractivity contribution >= 4 is 5.91 Å². The van der Waals surface area contributed by atoms with E-state index in [1.54, 1.807) is 7.11 Å². The van der Waals surface area contributed by atoms with Gasteiger partial charge in [-0.25, -0.2) is 0 Å². The number of rotatable bonds is 6. The van der Waals surface area contributed by atoms with Crippen LogP contribution in [-0.4, -0.2) is 30.8 Å². The molecule has 0 aromatic heterocycles. The lowest BCUT2D eigenvalue weighted by molar-refractivity contribution is -0.124. The van der Waals surface area contributed by atoms with Crippen molar-refractivity contribution in [3.8, 4) is 5.75 Å². The van der Waals surface area contributed by atoms with E-state index in [2.05, 4.69) is 5.32 Å². The van der Waals surface area contributed by atoms with Crippen LogP contribution in [0.3, 0.4) is 0 Å². The molecular weight excluding hydrogens is 254 g/mol. The Morgan fingerprint density at radius 2 is 2.20 bits per heavy atom. The fourth-order valence-electron chi connectivity index (χ4n) is 2.49. The van der Waals surface area contributed by atoms with Gasteiger partial charge in [0.25, 0.3) is 0 Å². The smallest absolute Gasteiger partial charge is 0.230 e. The Kier molecular flexibility index (Phi) is 4.33. The molecule has 4 heteroatoms. The number of carbonyl (C=O) groups is 1. The van der Waals surface area contributed by atoms with Gasteiger partial charge in [0.15, 0.2) is 0 Å². The zero-order valence-corrected chi connectivity index (χ0v) is 12.4. The monoisotopic (exact) mass is 277 g/mol. The van der Waals surface area contributed by atoms with Crippen LogP contribution in [-0.2, 0) is 10.2 Å². The van der Waals surface area contributed by atoms with Crippen LogP contribution in [0.4, 0.5) is 0 Å². The number of benzene rings is 1. The third kappa shape index (κ3) is 2.66. The number of hydrogen-bond acceptors (Lipinski definition) is 3. The van der Waals surface area contributed by atoms with E-state index < -0.39 is 5.41 Å². The van der Waals surface area contributed by atoms with E-state index in [4.69, 9.17) is 4.74 Å². The van der Waals surface area contributed by atoms with Crippen LogP contribution in [0.1, 0.15) is 37.3 Å². The molecule has 1 unspecified atom stereocenters. The van der Waals surface area contributed by atoms with Crippen LogP contribution >= 0.6 is 0 Å². The number of nitrogens with one attached hydrogen (secondary N) is 1. The number of methoxy groups -OCH3 is 1. The lowest BCUT2D eigenvalue weighted by atomic mass is 9.93. The first-order valence-corrected chi connectivity index (χ1v) is 7.14. The molecule has 0 aliphatic heterocycles. The molecule has 2 N–H and O–H groups in total. The van der Waals surface area contributed by atoms with Gasteiger partial charge in [-0.2, -0.15) is 0 Å². The molecule has 0 radical (unpaired) electrons. The van der Waals surface area contributed by atoms with Crippen molar-refractivity contribution < 1.29 is 14.6 Å². The first kappa shape index (κ1) is 14.9. The van der Waals surface area contributed by atoms with Gasteiger partial charge >= 0.3 is 0 Å². The van der Waals surface area contributed by atoms with E-state index in [9.17, 15) is 9.90 Å². The van der Waals surface area contributed by atoms with Gasteiger partial charge in [0.05, 0.1) is 25.2 Å². The quantitative estimate of drug-likeness (QED) is 0.835. The van der Waals surface area contributed by atoms with Gasteiger partial charge < -0.3 is 15.2 Å². The van der Waals surface area contributed by atoms with Crippen LogP contribution in [0.2, 0.25) is 0 Å². The summed E-state index contributed by atoms with van der Waals surface area (Å²) in [7, 11) is 1.64. The molecule has 4 nitrogen and oxygen atoms in total. The summed E-state index contributed by atoms with van der Waals surface area (Å²) in [5.74, 6) is 0.833. The molecule has 0 bridgehead atoms. The zero-order valence-electron chi connectivity index (χ0n) is 12.4. The predicted octanol–water partition coefficient (Wildman–Crippen LogP) is 1.92. The Labute approximate surface area is 120 Å². The number of carbonyl (C=O) groups excluding carboxylic acids is 1. The van der Waals surface area contributed by atoms with Crippen molar-refractivity contribution in [3.05, 3.63) is 29.3 Å². The number of aryl methyl sites for hydroxylation is 1. The van der Waals surface area contributed by atoms with E-state index in [0.717, 1.165) is 36.1 Å². The van der Waals surface area contributed by atoms with Crippen molar-refractivity contribution in [1.82, 2.24) is 5.32 Å². The van der Waals surface area contributed by atoms with E-state index >= 15 is 0 Å². The van der Waals surface area contributed by atoms with E-state index in [1.165, 1.54) is 0 Å². The molecule has 0 spiro atoms. The number of aliphatic hydroxyl groups excluding tert-OH is 1. The van der Waals surface area contributed by atoms with Gasteiger partial charge in [-0.3, -0.25) is 4.79 Å². The highest BCUT2D eigenvalue weighted by molar-refractivity contribution is 5.91. The topological polar surface area (TPSA) is 58.6 Å². The Morgan fingerprint density at radius 1 is 1.50 bits per heavy atom. The molecule has 1 atom stereocenters. The molecule has 0 heterocycles. The summed E-state index contributed by atoms with van der Waals surface area (Å²) in [4.78, 5) is 12.5. The maximum Gasteiger partial charge on any atom is 0.230 e. The van der Waals surface area contributed by atoms with Crippen LogP contribution < -0.4 is 10.1 Å². The van der Waals surface area contributed by atoms with Crippen LogP contribution in [0, 0.1) is 6.92 Å². The first-order chi connectivity index (χ1) is 9.57. The minimum Gasteiger partial charge on any atom is -0.496 e. The second kappa shape index (κ2) is 5.83. The summed E-state index contributed by atoms with van der Waals surface area (Å²) in [5, 5.41) is 12.2. The lowest BCUT2D eigenvalue weighted by Gasteiger charge is -2.21. The summed E-state index contributed by atoms with van der Waals surface area (Å²) in [6.07, 6.45) is 2.44. The molecule has 20 heavy (non-hydrogen) atoms. The standard InChI is InChI=1S/C16H23NO3/c1-4-13(10-18)17-15(19)16(7-8-16)12-6-5-11(2)14(9-12)20-3/h5-6,9,13,18H,4,7-8,10H2,1-3H3,(H,17,19). The number of aliphatic hydroxyl groups is 1. The summed E-state index contributed by atoms with van der Waals surface area (Å²) >= 11 is 0. The van der Waals surface area contributed by atoms with Crippen molar-refractivity contribution in [2.45, 2.75) is 44.6 Å². The molecular formula is C16H23NO3. The Hall–Kier alpha value is -1.55. The molecule has 1 fully saturated rings. The highest BCUT2D eigenvalue weighted by Crippen LogP contribution is 2.49. The second-order valence-corrected chi connectivity index (χ2v) is 5.53. The van der Waals surface area contributed by atoms with Crippen LogP contribution in [0.25, 0.3) is 0 Å². The molecule has 1 aliphatic rings. The molecule has 0 saturated heterocycles. The minimum absolute atomic E-state index is 0.0179. The molecule has 1 aromatic rings. The fourth-order valence-corrected chi connectivity index (χ4v) is 2.49. The van der Waals surface area contributed by atoms with Gasteiger partial charge in [0.1, 0.15) is 5.75 Å². The van der Waals surface area contributed by atoms with Crippen molar-refractivity contribution in [2.24, 2.45) is 0 Å². The molecule has 2 rings (SSSR count). The van der Waals surface area contributed by atoms with Gasteiger partial charge in [0, 0.05) is 0 Å². The normalized spacial score (nSPS) is 17.4. The van der Waals surface area contributed by atoms with Crippen molar-refractivity contribution in [2.75, 3.05) is 13.7 Å². The summed E-state index contributed by atoms with van der Waals surface area (Å²) in [6.45, 7) is 3.92. The third-order valence-corrected chi connectivity index (χ3v) is 4.19. The SMILES string of the molecule is CCC(CO)NC(=O)C1(c2ccc(C)c(OC)c2)CC1. The van der Waals surface area contributed by atoms with Gasteiger partial charge in [-0.15, -0.1) is 0 Å². The maximum atomic E-state index is 12.5. The highest BCUT2D eigenvalue weighted by atomic mass is 16.5. The average Bonchev–Trinajstić information content (AvgIpc) is 3.26. The molecule has 1 aliphatic carbocycles. The number of amides is 1. The Bertz CT molecular complexity index is 490. The largest absolute Gasteiger partial charge is 0.496 e. The fraction of sp³-hybridized carbons (Fsp3) is 0.562. The Morgan fingerprint density at radius 3 is 2.70 bits per heavy atom. The maximum absolute atomic E-state index is 12.5. The molecule has 1 aromatic carbocycles. The minimum atomic E-state index is -0.427. The van der Waals surface area contributed by atoms with Crippen molar-refractivity contribution in [3.63, 3.8) is 0 Å². The van der Waals surface area contributed by atoms with Crippen LogP contribution in [0.5, 0.6) is 5.75 Å². The van der Waals surface area contributed by atoms with E-state index in [-0.39, 0.29) is 18.6 Å². The average molecular weight is 277 g/mol. The highest BCUT2D eigenvalue weighted by Gasteiger charge is 2.51. The van der Waals surface area contributed by atoms with E-state index in [0.29, 0.717) is 0 Å². The third-order valence-electron chi connectivity index (χ3n) is 4.19. The van der Waals surface area contributed by atoms with Crippen molar-refractivity contribution in [1.29, 1.82) is 0 Å². The second-order valence-electron chi connectivity index (χ2n) is 5.53. The number of ether oxygens (including phenoxy) is 1. The number of hydrogen-bond donors (Lipinski definition) is 2. The first-order valence-electron chi connectivity index (χ1n) is 7.14. The van der Waals surface area contributed by atoms with Gasteiger partial charge in [-0.05, 0) is 43.4 Å². The van der Waals surface area contributed by atoms with Crippen LogP contribution in [0.15, 0.2) is 18.2 Å². The lowest BCUT2D eigenvalue weighted by Crippen LogP contribution is -2.43. The Balaban J connectivity index is 2.20. The van der Waals surface area contributed by atoms with E-state index in [1.807, 2.05) is 32.0 Å². The molecule has 110 valence electrons.